The number of carbonyl (C=O) groups excluding carboxylic acids is 3. The second-order valence-corrected chi connectivity index (χ2v) is 17.4. The molecule has 2 amide bonds. The van der Waals surface area contributed by atoms with Crippen LogP contribution >= 0.6 is 0 Å². The van der Waals surface area contributed by atoms with E-state index in [0.717, 1.165) is 71.2 Å². The van der Waals surface area contributed by atoms with Gasteiger partial charge in [0.15, 0.2) is 0 Å². The number of Topliss-reactive ketones (excluding diaryl/α,β-unsaturated/α-hetero) is 1. The third-order valence-corrected chi connectivity index (χ3v) is 15.4. The van der Waals surface area contributed by atoms with E-state index in [2.05, 4.69) is 43.6 Å². The second kappa shape index (κ2) is 10.5. The second-order valence-electron chi connectivity index (χ2n) is 17.4. The molecule has 8 rings (SSSR count). The molecule has 3 unspecified atom stereocenters. The molecular weight excluding hydrogens is 552 g/mol. The number of rotatable bonds is 3. The van der Waals surface area contributed by atoms with Crippen molar-refractivity contribution in [3.05, 3.63) is 0 Å². The van der Waals surface area contributed by atoms with Crippen LogP contribution in [0.2, 0.25) is 0 Å². The van der Waals surface area contributed by atoms with Gasteiger partial charge in [-0.1, -0.05) is 27.7 Å². The lowest BCUT2D eigenvalue weighted by molar-refractivity contribution is -0.160. The normalized spacial score (nSPS) is 52.7. The average Bonchev–Trinajstić information content (AvgIpc) is 3.72. The smallest absolute Gasteiger partial charge is 0.232 e. The fraction of sp³-hybridized carbons (Fsp3) is 0.917. The maximum absolute atomic E-state index is 14.4. The first kappa shape index (κ1) is 29.9. The molecular formula is C36H56N4O4. The van der Waals surface area contributed by atoms with Gasteiger partial charge in [-0.05, 0) is 98.2 Å². The number of nitrogens with zero attached hydrogens (tertiary/aromatic N) is 1. The molecule has 4 saturated heterocycles. The van der Waals surface area contributed by atoms with Crippen molar-refractivity contribution >= 4 is 17.6 Å². The third-order valence-electron chi connectivity index (χ3n) is 15.4. The molecule has 4 saturated carbocycles. The van der Waals surface area contributed by atoms with Gasteiger partial charge in [0.2, 0.25) is 11.8 Å². The zero-order valence-electron chi connectivity index (χ0n) is 27.5. The summed E-state index contributed by atoms with van der Waals surface area (Å²) in [5.41, 5.74) is -0.370. The SMILES string of the molecule is C[C@@H]1CC[C@@]2(NC1)O[C@H]1C[C@H]3[C@@H]4CC[C@H]5CC(NC(=O)CC(=O)N6CC7CNCC7C6)CC[C@]5(C)[C@H]4CC(=O)[C@]3(C)[C@H]1[C@@H]2C. The molecule has 44 heavy (non-hydrogen) atoms. The molecule has 4 heterocycles. The van der Waals surface area contributed by atoms with Crippen LogP contribution in [0, 0.1) is 64.1 Å². The lowest BCUT2D eigenvalue weighted by Gasteiger charge is -2.60. The molecule has 8 heteroatoms. The van der Waals surface area contributed by atoms with Crippen LogP contribution < -0.4 is 16.0 Å². The standard InChI is InChI=1S/C36H56N4O4/c1-20-7-10-36(38-15-20)21(2)33-29(44-36)12-28-26-6-5-24-11-25(8-9-34(24,3)27(26)13-30(41)35(28,33)4)39-31(42)14-32(43)40-18-22-16-37-17-23(22)19-40/h20-29,33,37-38H,5-19H2,1-4H3,(H,39,42)/t20-,21+,22?,23?,24+,25?,26-,27+,28+,29+,33+,34+,35-,36-/m1/s1. The number of ketones is 1. The van der Waals surface area contributed by atoms with Crippen LogP contribution in [0.15, 0.2) is 0 Å². The highest BCUT2D eigenvalue weighted by Gasteiger charge is 2.71. The topological polar surface area (TPSA) is 99.8 Å². The average molecular weight is 609 g/mol. The van der Waals surface area contributed by atoms with Gasteiger partial charge in [-0.15, -0.1) is 0 Å². The van der Waals surface area contributed by atoms with E-state index in [-0.39, 0.29) is 46.9 Å². The number of carbonyl (C=O) groups is 3. The molecule has 0 aromatic rings. The van der Waals surface area contributed by atoms with E-state index in [1.807, 2.05) is 4.90 Å². The number of hydrogen-bond acceptors (Lipinski definition) is 6. The van der Waals surface area contributed by atoms with E-state index in [0.29, 0.717) is 59.0 Å². The number of fused-ring (bicyclic) bond motifs is 8. The maximum atomic E-state index is 14.4. The van der Waals surface area contributed by atoms with Crippen molar-refractivity contribution in [2.75, 3.05) is 32.7 Å². The Kier molecular flexibility index (Phi) is 7.13. The monoisotopic (exact) mass is 608 g/mol. The fourth-order valence-electron chi connectivity index (χ4n) is 12.8. The number of hydrogen-bond donors (Lipinski definition) is 3. The van der Waals surface area contributed by atoms with Gasteiger partial charge < -0.3 is 20.3 Å². The fourth-order valence-corrected chi connectivity index (χ4v) is 12.8. The van der Waals surface area contributed by atoms with Crippen LogP contribution in [0.3, 0.4) is 0 Å². The predicted octanol–water partition coefficient (Wildman–Crippen LogP) is 3.74. The summed E-state index contributed by atoms with van der Waals surface area (Å²) in [6.07, 6.45) is 9.55. The summed E-state index contributed by atoms with van der Waals surface area (Å²) in [5.74, 6) is 4.82. The first-order chi connectivity index (χ1) is 21.0. The molecule has 4 aliphatic heterocycles. The number of amides is 2. The van der Waals surface area contributed by atoms with Crippen molar-refractivity contribution in [1.82, 2.24) is 20.9 Å². The number of piperidine rings is 1. The van der Waals surface area contributed by atoms with Crippen molar-refractivity contribution in [1.29, 1.82) is 0 Å². The highest BCUT2D eigenvalue weighted by Crippen LogP contribution is 2.70. The van der Waals surface area contributed by atoms with Crippen LogP contribution in [0.5, 0.6) is 0 Å². The largest absolute Gasteiger partial charge is 0.357 e. The zero-order valence-corrected chi connectivity index (χ0v) is 27.5. The summed E-state index contributed by atoms with van der Waals surface area (Å²) in [4.78, 5) is 42.2. The van der Waals surface area contributed by atoms with Crippen molar-refractivity contribution in [2.45, 2.75) is 110 Å². The summed E-state index contributed by atoms with van der Waals surface area (Å²) in [5, 5.41) is 10.5. The maximum Gasteiger partial charge on any atom is 0.232 e. The predicted molar refractivity (Wildman–Crippen MR) is 167 cm³/mol. The van der Waals surface area contributed by atoms with Crippen LogP contribution in [-0.4, -0.2) is 73.1 Å². The Balaban J connectivity index is 0.910. The molecule has 1 spiro atoms. The van der Waals surface area contributed by atoms with Crippen molar-refractivity contribution < 1.29 is 19.1 Å². The van der Waals surface area contributed by atoms with E-state index in [1.165, 1.54) is 19.3 Å². The Bertz CT molecular complexity index is 1190. The molecule has 0 aromatic heterocycles. The first-order valence-electron chi connectivity index (χ1n) is 18.3. The van der Waals surface area contributed by atoms with Gasteiger partial charge in [0.25, 0.3) is 0 Å². The highest BCUT2D eigenvalue weighted by molar-refractivity contribution is 5.97. The first-order valence-corrected chi connectivity index (χ1v) is 18.3. The molecule has 244 valence electrons. The number of likely N-dealkylation sites (tertiary alicyclic amines) is 1. The van der Waals surface area contributed by atoms with E-state index in [4.69, 9.17) is 4.74 Å². The zero-order chi connectivity index (χ0) is 30.6. The van der Waals surface area contributed by atoms with E-state index >= 15 is 0 Å². The Morgan fingerprint density at radius 3 is 2.48 bits per heavy atom. The molecule has 8 fully saturated rings. The molecule has 0 radical (unpaired) electrons. The molecule has 4 aliphatic carbocycles. The van der Waals surface area contributed by atoms with Gasteiger partial charge in [0.05, 0.1) is 6.10 Å². The molecule has 8 aliphatic rings. The summed E-state index contributed by atoms with van der Waals surface area (Å²) in [6, 6.07) is 0.138. The Labute approximate surface area is 263 Å². The van der Waals surface area contributed by atoms with Gasteiger partial charge in [-0.3, -0.25) is 19.7 Å². The Hall–Kier alpha value is -1.51. The van der Waals surface area contributed by atoms with Crippen molar-refractivity contribution in [3.63, 3.8) is 0 Å². The minimum absolute atomic E-state index is 0.0128. The van der Waals surface area contributed by atoms with Gasteiger partial charge in [-0.2, -0.15) is 0 Å². The molecule has 14 atom stereocenters. The summed E-state index contributed by atoms with van der Waals surface area (Å²) >= 11 is 0. The lowest BCUT2D eigenvalue weighted by atomic mass is 9.44. The van der Waals surface area contributed by atoms with Crippen LogP contribution in [-0.2, 0) is 19.1 Å². The Morgan fingerprint density at radius 1 is 0.977 bits per heavy atom. The van der Waals surface area contributed by atoms with Gasteiger partial charge >= 0.3 is 0 Å². The van der Waals surface area contributed by atoms with Crippen LogP contribution in [0.25, 0.3) is 0 Å². The van der Waals surface area contributed by atoms with E-state index in [1.54, 1.807) is 0 Å². The third kappa shape index (κ3) is 4.35. The van der Waals surface area contributed by atoms with E-state index < -0.39 is 0 Å². The summed E-state index contributed by atoms with van der Waals surface area (Å²) < 4.78 is 6.99. The molecule has 8 nitrogen and oxygen atoms in total. The lowest BCUT2D eigenvalue weighted by Crippen LogP contribution is -2.60. The minimum Gasteiger partial charge on any atom is -0.357 e. The Morgan fingerprint density at radius 2 is 1.75 bits per heavy atom. The molecule has 3 N–H and O–H groups in total. The van der Waals surface area contributed by atoms with Crippen LogP contribution in [0.1, 0.15) is 91.9 Å². The van der Waals surface area contributed by atoms with Crippen LogP contribution in [0.4, 0.5) is 0 Å². The van der Waals surface area contributed by atoms with Gasteiger partial charge in [0, 0.05) is 62.4 Å². The van der Waals surface area contributed by atoms with Crippen molar-refractivity contribution in [2.24, 2.45) is 64.1 Å². The van der Waals surface area contributed by atoms with E-state index in [9.17, 15) is 14.4 Å². The molecule has 0 bridgehead atoms. The number of nitrogens with one attached hydrogen (secondary N) is 3. The van der Waals surface area contributed by atoms with Crippen molar-refractivity contribution in [3.8, 4) is 0 Å². The molecule has 0 aromatic carbocycles. The van der Waals surface area contributed by atoms with Gasteiger partial charge in [-0.25, -0.2) is 0 Å². The quantitative estimate of drug-likeness (QED) is 0.423. The summed E-state index contributed by atoms with van der Waals surface area (Å²) in [7, 11) is 0. The highest BCUT2D eigenvalue weighted by atomic mass is 16.5. The summed E-state index contributed by atoms with van der Waals surface area (Å²) in [6.45, 7) is 14.1. The minimum atomic E-state index is -0.273. The van der Waals surface area contributed by atoms with Gasteiger partial charge in [0.1, 0.15) is 17.9 Å². The number of ether oxygens (including phenoxy) is 1.